The highest BCUT2D eigenvalue weighted by molar-refractivity contribution is 7.89. The van der Waals surface area contributed by atoms with Gasteiger partial charge >= 0.3 is 6.18 Å². The number of nitrogens with zero attached hydrogens (tertiary/aromatic N) is 1. The van der Waals surface area contributed by atoms with Crippen molar-refractivity contribution in [3.63, 3.8) is 0 Å². The second kappa shape index (κ2) is 8.34. The standard InChI is InChI=1S/C16H20F3N3O3S.ClH/c17-16(18,19)10-21-15(23)11-2-1-3-14(8-11)26(24,25)22-12-4-5-13(22)9-20-7-6-12;/h1-3,8,12-13,20H,4-7,9-10H2,(H,21,23);1H. The van der Waals surface area contributed by atoms with Crippen molar-refractivity contribution in [2.75, 3.05) is 19.6 Å². The molecular weight excluding hydrogens is 407 g/mol. The van der Waals surface area contributed by atoms with Crippen LogP contribution in [0.2, 0.25) is 0 Å². The maximum atomic E-state index is 13.1. The summed E-state index contributed by atoms with van der Waals surface area (Å²) in [6, 6.07) is 4.93. The van der Waals surface area contributed by atoms with Crippen LogP contribution in [0.3, 0.4) is 0 Å². The van der Waals surface area contributed by atoms with Gasteiger partial charge in [-0.2, -0.15) is 17.5 Å². The molecule has 6 nitrogen and oxygen atoms in total. The molecule has 1 aromatic rings. The van der Waals surface area contributed by atoms with Gasteiger partial charge in [0, 0.05) is 24.2 Å². The van der Waals surface area contributed by atoms with Crippen LogP contribution in [-0.4, -0.2) is 56.5 Å². The van der Waals surface area contributed by atoms with E-state index < -0.39 is 28.7 Å². The number of fused-ring (bicyclic) bond motifs is 2. The molecule has 2 fully saturated rings. The number of carbonyl (C=O) groups is 1. The van der Waals surface area contributed by atoms with Crippen molar-refractivity contribution in [1.29, 1.82) is 0 Å². The number of amides is 1. The fraction of sp³-hybridized carbons (Fsp3) is 0.562. The summed E-state index contributed by atoms with van der Waals surface area (Å²) in [5, 5.41) is 4.97. The van der Waals surface area contributed by atoms with E-state index in [-0.39, 0.29) is 34.9 Å². The Bertz CT molecular complexity index is 775. The van der Waals surface area contributed by atoms with Gasteiger partial charge < -0.3 is 10.6 Å². The molecule has 2 bridgehead atoms. The molecule has 152 valence electrons. The number of alkyl halides is 3. The predicted octanol–water partition coefficient (Wildman–Crippen LogP) is 1.92. The summed E-state index contributed by atoms with van der Waals surface area (Å²) >= 11 is 0. The van der Waals surface area contributed by atoms with E-state index in [2.05, 4.69) is 5.32 Å². The number of sulfonamides is 1. The summed E-state index contributed by atoms with van der Waals surface area (Å²) < 4.78 is 64.4. The number of carbonyl (C=O) groups excluding carboxylic acids is 1. The van der Waals surface area contributed by atoms with Gasteiger partial charge in [0.15, 0.2) is 0 Å². The van der Waals surface area contributed by atoms with Crippen molar-refractivity contribution < 1.29 is 26.4 Å². The Balaban J connectivity index is 0.00000261. The Kier molecular flexibility index (Phi) is 6.77. The minimum absolute atomic E-state index is 0. The highest BCUT2D eigenvalue weighted by Gasteiger charge is 2.43. The van der Waals surface area contributed by atoms with E-state index >= 15 is 0 Å². The van der Waals surface area contributed by atoms with Gasteiger partial charge in [-0.15, -0.1) is 12.4 Å². The Morgan fingerprint density at radius 3 is 2.63 bits per heavy atom. The minimum atomic E-state index is -4.53. The lowest BCUT2D eigenvalue weighted by molar-refractivity contribution is -0.123. The van der Waals surface area contributed by atoms with E-state index in [1.165, 1.54) is 22.5 Å². The topological polar surface area (TPSA) is 78.5 Å². The van der Waals surface area contributed by atoms with Crippen molar-refractivity contribution >= 4 is 28.3 Å². The largest absolute Gasteiger partial charge is 0.405 e. The summed E-state index contributed by atoms with van der Waals surface area (Å²) in [7, 11) is -3.83. The van der Waals surface area contributed by atoms with Crippen molar-refractivity contribution in [3.8, 4) is 0 Å². The van der Waals surface area contributed by atoms with Crippen molar-refractivity contribution in [3.05, 3.63) is 29.8 Å². The van der Waals surface area contributed by atoms with E-state index in [0.717, 1.165) is 25.5 Å². The molecule has 0 aliphatic carbocycles. The molecule has 27 heavy (non-hydrogen) atoms. The zero-order chi connectivity index (χ0) is 18.9. The number of rotatable bonds is 4. The molecule has 2 saturated heterocycles. The predicted molar refractivity (Wildman–Crippen MR) is 95.4 cm³/mol. The van der Waals surface area contributed by atoms with E-state index in [0.29, 0.717) is 13.0 Å². The van der Waals surface area contributed by atoms with Crippen LogP contribution in [0.4, 0.5) is 13.2 Å². The fourth-order valence-electron chi connectivity index (χ4n) is 3.53. The normalized spacial score (nSPS) is 23.4. The molecule has 1 amide bonds. The Hall–Kier alpha value is -1.36. The average Bonchev–Trinajstić information content (AvgIpc) is 2.85. The number of nitrogens with one attached hydrogen (secondary N) is 2. The minimum Gasteiger partial charge on any atom is -0.343 e. The molecule has 11 heteroatoms. The van der Waals surface area contributed by atoms with Gasteiger partial charge in [-0.1, -0.05) is 6.07 Å². The SMILES string of the molecule is Cl.O=C(NCC(F)(F)F)c1cccc(S(=O)(=O)N2C3CCNCC2CC3)c1. The Morgan fingerprint density at radius 1 is 1.22 bits per heavy atom. The van der Waals surface area contributed by atoms with Crippen LogP contribution in [-0.2, 0) is 10.0 Å². The monoisotopic (exact) mass is 427 g/mol. The lowest BCUT2D eigenvalue weighted by Gasteiger charge is -2.27. The summed E-state index contributed by atoms with van der Waals surface area (Å²) in [6.45, 7) is -0.153. The zero-order valence-corrected chi connectivity index (χ0v) is 16.0. The molecule has 1 aromatic carbocycles. The first-order chi connectivity index (χ1) is 12.2. The second-order valence-electron chi connectivity index (χ2n) is 6.54. The lowest BCUT2D eigenvalue weighted by atomic mass is 10.1. The van der Waals surface area contributed by atoms with Crippen LogP contribution >= 0.6 is 12.4 Å². The highest BCUT2D eigenvalue weighted by atomic mass is 35.5. The summed E-state index contributed by atoms with van der Waals surface area (Å²) in [6.07, 6.45) is -2.26. The molecule has 0 aromatic heterocycles. The quantitative estimate of drug-likeness (QED) is 0.769. The van der Waals surface area contributed by atoms with E-state index in [1.807, 2.05) is 0 Å². The van der Waals surface area contributed by atoms with Gasteiger partial charge in [0.2, 0.25) is 10.0 Å². The zero-order valence-electron chi connectivity index (χ0n) is 14.3. The molecule has 2 N–H and O–H groups in total. The fourth-order valence-corrected chi connectivity index (χ4v) is 5.48. The highest BCUT2D eigenvalue weighted by Crippen LogP contribution is 2.33. The number of halogens is 4. The van der Waals surface area contributed by atoms with Gasteiger partial charge in [0.25, 0.3) is 5.91 Å². The summed E-state index contributed by atoms with van der Waals surface area (Å²) in [5.74, 6) is -0.958. The van der Waals surface area contributed by atoms with Gasteiger partial charge in [-0.25, -0.2) is 8.42 Å². The molecule has 2 atom stereocenters. The third kappa shape index (κ3) is 4.92. The molecule has 2 unspecified atom stereocenters. The van der Waals surface area contributed by atoms with Crippen LogP contribution in [0.25, 0.3) is 0 Å². The number of hydrogen-bond acceptors (Lipinski definition) is 4. The second-order valence-corrected chi connectivity index (χ2v) is 8.38. The summed E-state index contributed by atoms with van der Waals surface area (Å²) in [4.78, 5) is 11.8. The van der Waals surface area contributed by atoms with Crippen LogP contribution < -0.4 is 10.6 Å². The van der Waals surface area contributed by atoms with E-state index in [4.69, 9.17) is 0 Å². The molecule has 0 spiro atoms. The van der Waals surface area contributed by atoms with Crippen LogP contribution in [0.15, 0.2) is 29.2 Å². The maximum absolute atomic E-state index is 13.1. The third-order valence-electron chi connectivity index (χ3n) is 4.71. The van der Waals surface area contributed by atoms with Crippen molar-refractivity contribution in [2.45, 2.75) is 42.4 Å². The first-order valence-electron chi connectivity index (χ1n) is 8.38. The summed E-state index contributed by atoms with van der Waals surface area (Å²) in [5.41, 5.74) is -0.115. The van der Waals surface area contributed by atoms with Crippen LogP contribution in [0, 0.1) is 0 Å². The molecule has 0 saturated carbocycles. The Morgan fingerprint density at radius 2 is 1.93 bits per heavy atom. The maximum Gasteiger partial charge on any atom is 0.405 e. The van der Waals surface area contributed by atoms with Gasteiger partial charge in [-0.05, 0) is 44.0 Å². The van der Waals surface area contributed by atoms with Crippen LogP contribution in [0.1, 0.15) is 29.6 Å². The third-order valence-corrected chi connectivity index (χ3v) is 6.71. The number of benzene rings is 1. The lowest BCUT2D eigenvalue weighted by Crippen LogP contribution is -2.42. The molecule has 0 radical (unpaired) electrons. The molecule has 2 aliphatic heterocycles. The van der Waals surface area contributed by atoms with Gasteiger partial charge in [-0.3, -0.25) is 4.79 Å². The first kappa shape index (κ1) is 21.9. The van der Waals surface area contributed by atoms with Crippen molar-refractivity contribution in [1.82, 2.24) is 14.9 Å². The number of hydrogen-bond donors (Lipinski definition) is 2. The van der Waals surface area contributed by atoms with Crippen molar-refractivity contribution in [2.24, 2.45) is 0 Å². The smallest absolute Gasteiger partial charge is 0.343 e. The molecular formula is C16H21ClF3N3O3S. The Labute approximate surface area is 162 Å². The molecule has 2 aliphatic rings. The van der Waals surface area contributed by atoms with E-state index in [1.54, 1.807) is 5.32 Å². The first-order valence-corrected chi connectivity index (χ1v) is 9.82. The average molecular weight is 428 g/mol. The molecule has 2 heterocycles. The molecule has 3 rings (SSSR count). The van der Waals surface area contributed by atoms with Gasteiger partial charge in [0.1, 0.15) is 6.54 Å². The van der Waals surface area contributed by atoms with Crippen LogP contribution in [0.5, 0.6) is 0 Å². The van der Waals surface area contributed by atoms with Gasteiger partial charge in [0.05, 0.1) is 4.90 Å². The van der Waals surface area contributed by atoms with E-state index in [9.17, 15) is 26.4 Å².